The Bertz CT molecular complexity index is 2130. The second kappa shape index (κ2) is 20.9. The Kier molecular flexibility index (Phi) is 14.9. The number of aromatic nitrogens is 2. The normalized spacial score (nSPS) is 10.7. The molecule has 0 aliphatic rings. The van der Waals surface area contributed by atoms with Gasteiger partial charge < -0.3 is 33.4 Å². The van der Waals surface area contributed by atoms with E-state index in [-0.39, 0.29) is 25.6 Å². The van der Waals surface area contributed by atoms with Crippen LogP contribution in [-0.2, 0) is 30.2 Å². The molecule has 288 valence electrons. The van der Waals surface area contributed by atoms with Gasteiger partial charge in [0, 0.05) is 37.0 Å². The number of rotatable bonds is 21. The van der Waals surface area contributed by atoms with Gasteiger partial charge in [0.1, 0.15) is 17.2 Å². The van der Waals surface area contributed by atoms with E-state index in [1.807, 2.05) is 24.3 Å². The number of carbonyl (C=O) groups excluding carboxylic acids is 4. The van der Waals surface area contributed by atoms with Gasteiger partial charge in [-0.2, -0.15) is 5.10 Å². The third kappa shape index (κ3) is 12.4. The molecule has 0 fully saturated rings. The predicted molar refractivity (Wildman–Crippen MR) is 208 cm³/mol. The molecule has 14 heteroatoms. The molecule has 5 aromatic rings. The van der Waals surface area contributed by atoms with E-state index in [1.165, 1.54) is 6.21 Å². The molecule has 2 N–H and O–H groups in total. The molecule has 0 unspecified atom stereocenters. The number of H-pyrrole nitrogens is 1. The Morgan fingerprint density at radius 1 is 0.696 bits per heavy atom. The number of nitrogens with one attached hydrogen (secondary N) is 2. The number of hydrogen-bond acceptors (Lipinski definition) is 13. The number of benzene rings is 4. The van der Waals surface area contributed by atoms with Crippen molar-refractivity contribution in [2.75, 3.05) is 38.5 Å². The van der Waals surface area contributed by atoms with Gasteiger partial charge in [0.25, 0.3) is 0 Å². The summed E-state index contributed by atoms with van der Waals surface area (Å²) >= 11 is 0. The van der Waals surface area contributed by atoms with Gasteiger partial charge in [-0.3, -0.25) is 0 Å². The average Bonchev–Trinajstić information content (AvgIpc) is 3.64. The number of esters is 4. The summed E-state index contributed by atoms with van der Waals surface area (Å²) in [4.78, 5) is 55.8. The quantitative estimate of drug-likeness (QED) is 0.0156. The molecule has 0 aliphatic heterocycles. The Balaban J connectivity index is 1.17. The highest BCUT2D eigenvalue weighted by atomic mass is 16.5. The fraction of sp³-hybridized carbons (Fsp3) is 0.190. The second-order valence-corrected chi connectivity index (χ2v) is 11.8. The van der Waals surface area contributed by atoms with E-state index in [1.54, 1.807) is 66.7 Å². The van der Waals surface area contributed by atoms with Gasteiger partial charge in [0.15, 0.2) is 0 Å². The summed E-state index contributed by atoms with van der Waals surface area (Å²) in [6.07, 6.45) is 5.07. The van der Waals surface area contributed by atoms with Crippen LogP contribution in [0.2, 0.25) is 0 Å². The van der Waals surface area contributed by atoms with Crippen LogP contribution in [0.15, 0.2) is 121 Å². The first-order chi connectivity index (χ1) is 27.3. The number of hydrazone groups is 1. The maximum absolute atomic E-state index is 13.2. The van der Waals surface area contributed by atoms with Crippen molar-refractivity contribution in [1.82, 2.24) is 9.97 Å². The summed E-state index contributed by atoms with van der Waals surface area (Å²) in [5.41, 5.74) is 6.42. The first kappa shape index (κ1) is 40.0. The maximum atomic E-state index is 13.2. The van der Waals surface area contributed by atoms with E-state index in [9.17, 15) is 19.2 Å². The molecule has 0 atom stereocenters. The molecular formula is C42H40N4O10. The smallest absolute Gasteiger partial charge is 0.343 e. The topological polar surface area (TPSA) is 177 Å². The van der Waals surface area contributed by atoms with Crippen molar-refractivity contribution in [1.29, 1.82) is 0 Å². The van der Waals surface area contributed by atoms with Gasteiger partial charge in [-0.05, 0) is 78.4 Å². The van der Waals surface area contributed by atoms with Gasteiger partial charge in [0.2, 0.25) is 5.95 Å². The third-order valence-corrected chi connectivity index (χ3v) is 7.78. The molecule has 5 rings (SSSR count). The minimum absolute atomic E-state index is 0.0852. The van der Waals surface area contributed by atoms with E-state index in [4.69, 9.17) is 28.4 Å². The average molecular weight is 761 g/mol. The predicted octanol–water partition coefficient (Wildman–Crippen LogP) is 6.62. The van der Waals surface area contributed by atoms with Crippen molar-refractivity contribution in [3.05, 3.63) is 139 Å². The van der Waals surface area contributed by atoms with Crippen LogP contribution in [0, 0.1) is 0 Å². The van der Waals surface area contributed by atoms with E-state index < -0.39 is 23.9 Å². The largest absolute Gasteiger partial charge is 0.493 e. The number of aromatic amines is 1. The van der Waals surface area contributed by atoms with Crippen molar-refractivity contribution >= 4 is 47.1 Å². The Hall–Kier alpha value is -7.22. The van der Waals surface area contributed by atoms with Gasteiger partial charge >= 0.3 is 23.9 Å². The monoisotopic (exact) mass is 760 g/mol. The summed E-state index contributed by atoms with van der Waals surface area (Å²) in [5.74, 6) is -0.304. The molecule has 0 saturated heterocycles. The van der Waals surface area contributed by atoms with E-state index >= 15 is 0 Å². The lowest BCUT2D eigenvalue weighted by molar-refractivity contribution is -0.138. The highest BCUT2D eigenvalue weighted by Gasteiger charge is 2.14. The molecule has 4 aromatic carbocycles. The molecule has 0 saturated carbocycles. The minimum Gasteiger partial charge on any atom is -0.493 e. The van der Waals surface area contributed by atoms with Gasteiger partial charge in [-0.25, -0.2) is 29.6 Å². The van der Waals surface area contributed by atoms with Crippen molar-refractivity contribution in [3.63, 3.8) is 0 Å². The van der Waals surface area contributed by atoms with Crippen LogP contribution < -0.4 is 19.6 Å². The summed E-state index contributed by atoms with van der Waals surface area (Å²) in [6, 6.07) is 25.8. The lowest BCUT2D eigenvalue weighted by Crippen LogP contribution is -2.11. The molecule has 0 spiro atoms. The number of anilines is 1. The van der Waals surface area contributed by atoms with Gasteiger partial charge in [-0.15, -0.1) is 0 Å². The number of ether oxygens (including phenoxy) is 6. The van der Waals surface area contributed by atoms with Crippen molar-refractivity contribution in [3.8, 4) is 17.2 Å². The molecule has 0 bridgehead atoms. The Morgan fingerprint density at radius 2 is 1.30 bits per heavy atom. The zero-order valence-electron chi connectivity index (χ0n) is 30.4. The molecule has 0 aliphatic carbocycles. The molecule has 1 aromatic heterocycles. The van der Waals surface area contributed by atoms with Crippen LogP contribution in [0.3, 0.4) is 0 Å². The van der Waals surface area contributed by atoms with Gasteiger partial charge in [-0.1, -0.05) is 31.4 Å². The fourth-order valence-corrected chi connectivity index (χ4v) is 4.96. The Labute approximate surface area is 322 Å². The number of imidazole rings is 1. The highest BCUT2D eigenvalue weighted by molar-refractivity contribution is 5.93. The van der Waals surface area contributed by atoms with Crippen LogP contribution in [0.25, 0.3) is 11.0 Å². The van der Waals surface area contributed by atoms with Crippen LogP contribution in [0.4, 0.5) is 5.95 Å². The maximum Gasteiger partial charge on any atom is 0.343 e. The fourth-order valence-electron chi connectivity index (χ4n) is 4.96. The molecule has 14 nitrogen and oxygen atoms in total. The molecular weight excluding hydrogens is 720 g/mol. The summed E-state index contributed by atoms with van der Waals surface area (Å²) < 4.78 is 32.4. The van der Waals surface area contributed by atoms with E-state index in [0.717, 1.165) is 28.7 Å². The van der Waals surface area contributed by atoms with E-state index in [2.05, 4.69) is 33.7 Å². The zero-order valence-corrected chi connectivity index (χ0v) is 30.4. The van der Waals surface area contributed by atoms with Gasteiger partial charge in [0.05, 0.1) is 61.4 Å². The van der Waals surface area contributed by atoms with Crippen molar-refractivity contribution < 1.29 is 47.6 Å². The number of nitrogens with zero attached hydrogens (tertiary/aromatic N) is 2. The number of para-hydroxylation sites is 2. The second-order valence-electron chi connectivity index (χ2n) is 11.8. The van der Waals surface area contributed by atoms with Crippen molar-refractivity contribution in [2.45, 2.75) is 19.3 Å². The summed E-state index contributed by atoms with van der Waals surface area (Å²) in [7, 11) is 0. The Morgan fingerprint density at radius 3 is 1.91 bits per heavy atom. The lowest BCUT2D eigenvalue weighted by Gasteiger charge is -2.11. The number of fused-ring (bicyclic) bond motifs is 1. The summed E-state index contributed by atoms with van der Waals surface area (Å²) in [5, 5.41) is 4.32. The first-order valence-electron chi connectivity index (χ1n) is 17.6. The molecule has 56 heavy (non-hydrogen) atoms. The van der Waals surface area contributed by atoms with Crippen LogP contribution in [0.1, 0.15) is 44.7 Å². The molecule has 1 heterocycles. The minimum atomic E-state index is -0.597. The molecule has 0 amide bonds. The zero-order chi connectivity index (χ0) is 39.5. The standard InChI is InChI=1S/C42H40N4O10/c1-3-38(47)53-24-7-22-51-33-16-12-30(13-17-33)40(49)55-26-21-29-11-20-37(32(27-29)28-43-46-42-44-35-9-5-6-10-36(35)45-42)56-41(50)31-14-18-34(19-15-31)52-23-8-25-54-39(48)4-2/h3-6,9-20,27-28H,1-2,7-8,21-26H2,(H2,44,45,46)/b43-28+. The number of carbonyl (C=O) groups is 4. The number of hydrogen-bond donors (Lipinski definition) is 2. The van der Waals surface area contributed by atoms with Crippen LogP contribution in [0.5, 0.6) is 17.2 Å². The first-order valence-corrected chi connectivity index (χ1v) is 17.6. The SMILES string of the molecule is C=CC(=O)OCCCOc1ccc(C(=O)OCCc2ccc(OC(=O)c3ccc(OCCCOC(=O)C=C)cc3)c(/C=N/Nc3nc4ccccc4[nH]3)c2)cc1. The third-order valence-electron chi connectivity index (χ3n) is 7.78. The van der Waals surface area contributed by atoms with Crippen LogP contribution in [-0.4, -0.2) is 73.1 Å². The van der Waals surface area contributed by atoms with E-state index in [0.29, 0.717) is 66.6 Å². The van der Waals surface area contributed by atoms with Crippen LogP contribution >= 0.6 is 0 Å². The summed E-state index contributed by atoms with van der Waals surface area (Å²) in [6.45, 7) is 7.84. The molecule has 0 radical (unpaired) electrons. The lowest BCUT2D eigenvalue weighted by atomic mass is 10.1. The van der Waals surface area contributed by atoms with Crippen molar-refractivity contribution in [2.24, 2.45) is 5.10 Å². The highest BCUT2D eigenvalue weighted by Crippen LogP contribution is 2.23.